The summed E-state index contributed by atoms with van der Waals surface area (Å²) in [7, 11) is 0. The molecule has 0 aromatic heterocycles. The molecule has 4 heteroatoms. The van der Waals surface area contributed by atoms with Gasteiger partial charge in [0, 0.05) is 24.1 Å². The van der Waals surface area contributed by atoms with Crippen molar-refractivity contribution in [1.82, 2.24) is 5.32 Å². The molecule has 1 aromatic carbocycles. The lowest BCUT2D eigenvalue weighted by Crippen LogP contribution is -2.61. The summed E-state index contributed by atoms with van der Waals surface area (Å²) in [6.07, 6.45) is 2.44. The minimum atomic E-state index is 0.166. The molecule has 3 unspecified atom stereocenters. The number of hydrogen-bond acceptors (Lipinski definition) is 2. The van der Waals surface area contributed by atoms with Crippen LogP contribution in [0.25, 0.3) is 0 Å². The van der Waals surface area contributed by atoms with E-state index in [0.717, 1.165) is 19.4 Å². The van der Waals surface area contributed by atoms with Crippen molar-refractivity contribution in [3.63, 3.8) is 0 Å². The number of halogens is 2. The Balaban J connectivity index is 2.05. The molecule has 0 aliphatic heterocycles. The van der Waals surface area contributed by atoms with Crippen molar-refractivity contribution < 1.29 is 4.74 Å². The van der Waals surface area contributed by atoms with Crippen LogP contribution in [0.5, 0.6) is 0 Å². The minimum absolute atomic E-state index is 0.166. The van der Waals surface area contributed by atoms with Gasteiger partial charge < -0.3 is 10.1 Å². The van der Waals surface area contributed by atoms with Gasteiger partial charge in [-0.25, -0.2) is 0 Å². The molecule has 1 aromatic rings. The number of rotatable bonds is 6. The van der Waals surface area contributed by atoms with Crippen LogP contribution in [0.1, 0.15) is 52.1 Å². The van der Waals surface area contributed by atoms with E-state index >= 15 is 0 Å². The first kappa shape index (κ1) is 17.1. The van der Waals surface area contributed by atoms with Crippen LogP contribution in [0.4, 0.5) is 0 Å². The molecule has 1 N–H and O–H groups in total. The van der Waals surface area contributed by atoms with E-state index in [1.54, 1.807) is 0 Å². The molecular weight excluding hydrogens is 305 g/mol. The summed E-state index contributed by atoms with van der Waals surface area (Å²) in [6, 6.07) is 6.66. The van der Waals surface area contributed by atoms with Crippen molar-refractivity contribution in [1.29, 1.82) is 0 Å². The summed E-state index contributed by atoms with van der Waals surface area (Å²) >= 11 is 12.1. The van der Waals surface area contributed by atoms with Crippen molar-refractivity contribution in [3.05, 3.63) is 33.8 Å². The Morgan fingerprint density at radius 1 is 1.29 bits per heavy atom. The van der Waals surface area contributed by atoms with Crippen LogP contribution in [0, 0.1) is 5.41 Å². The van der Waals surface area contributed by atoms with E-state index in [0.29, 0.717) is 28.2 Å². The number of nitrogens with one attached hydrogen (secondary N) is 1. The summed E-state index contributed by atoms with van der Waals surface area (Å²) in [6.45, 7) is 9.57. The molecule has 0 radical (unpaired) electrons. The molecule has 1 fully saturated rings. The fourth-order valence-corrected chi connectivity index (χ4v) is 3.38. The van der Waals surface area contributed by atoms with Crippen LogP contribution in [-0.4, -0.2) is 18.8 Å². The summed E-state index contributed by atoms with van der Waals surface area (Å²) in [5, 5.41) is 4.99. The molecule has 118 valence electrons. The van der Waals surface area contributed by atoms with Gasteiger partial charge in [-0.05, 0) is 37.5 Å². The number of hydrogen-bond donors (Lipinski definition) is 1. The highest BCUT2D eigenvalue weighted by molar-refractivity contribution is 6.42. The van der Waals surface area contributed by atoms with E-state index in [9.17, 15) is 0 Å². The van der Waals surface area contributed by atoms with E-state index < -0.39 is 0 Å². The molecule has 0 spiro atoms. The normalized spacial score (nSPS) is 25.4. The van der Waals surface area contributed by atoms with Crippen molar-refractivity contribution in [3.8, 4) is 0 Å². The van der Waals surface area contributed by atoms with Gasteiger partial charge in [-0.1, -0.05) is 50.0 Å². The molecule has 0 amide bonds. The monoisotopic (exact) mass is 329 g/mol. The first-order valence-corrected chi connectivity index (χ1v) is 8.48. The van der Waals surface area contributed by atoms with Gasteiger partial charge in [0.2, 0.25) is 0 Å². The molecule has 1 aliphatic carbocycles. The molecule has 3 atom stereocenters. The Morgan fingerprint density at radius 2 is 2.00 bits per heavy atom. The lowest BCUT2D eigenvalue weighted by molar-refractivity contribution is -0.116. The fourth-order valence-electron chi connectivity index (χ4n) is 3.07. The molecule has 1 saturated carbocycles. The van der Waals surface area contributed by atoms with E-state index in [1.165, 1.54) is 5.56 Å². The average Bonchev–Trinajstić information content (AvgIpc) is 2.45. The van der Waals surface area contributed by atoms with E-state index in [4.69, 9.17) is 27.9 Å². The summed E-state index contributed by atoms with van der Waals surface area (Å²) in [4.78, 5) is 0. The van der Waals surface area contributed by atoms with Crippen molar-refractivity contribution in [2.45, 2.75) is 58.7 Å². The minimum Gasteiger partial charge on any atom is -0.378 e. The molecule has 0 bridgehead atoms. The SMILES string of the molecule is CCOC1CC(NC(CC)c2ccc(Cl)c(Cl)c2)C1(C)C. The Labute approximate surface area is 138 Å². The molecular formula is C17H25Cl2NO. The standard InChI is InChI=1S/C17H25Cl2NO/c1-5-14(11-7-8-12(18)13(19)9-11)20-15-10-16(21-6-2)17(15,3)4/h7-9,14-16,20H,5-6,10H2,1-4H3. The predicted molar refractivity (Wildman–Crippen MR) is 90.2 cm³/mol. The second kappa shape index (κ2) is 6.87. The molecule has 1 aliphatic rings. The zero-order chi connectivity index (χ0) is 15.6. The van der Waals surface area contributed by atoms with Gasteiger partial charge in [0.15, 0.2) is 0 Å². The number of benzene rings is 1. The lowest BCUT2D eigenvalue weighted by atomic mass is 9.64. The van der Waals surface area contributed by atoms with Gasteiger partial charge in [0.05, 0.1) is 16.1 Å². The maximum Gasteiger partial charge on any atom is 0.0655 e. The Morgan fingerprint density at radius 3 is 2.52 bits per heavy atom. The zero-order valence-corrected chi connectivity index (χ0v) is 14.8. The molecule has 21 heavy (non-hydrogen) atoms. The van der Waals surface area contributed by atoms with E-state index in [-0.39, 0.29) is 5.41 Å². The number of ether oxygens (including phenoxy) is 1. The molecule has 2 nitrogen and oxygen atoms in total. The summed E-state index contributed by atoms with van der Waals surface area (Å²) < 4.78 is 5.80. The van der Waals surface area contributed by atoms with Crippen LogP contribution < -0.4 is 5.32 Å². The third kappa shape index (κ3) is 3.56. The van der Waals surface area contributed by atoms with E-state index in [2.05, 4.69) is 39.1 Å². The van der Waals surface area contributed by atoms with Crippen molar-refractivity contribution in [2.24, 2.45) is 5.41 Å². The van der Waals surface area contributed by atoms with E-state index in [1.807, 2.05) is 12.1 Å². The first-order chi connectivity index (χ1) is 9.90. The predicted octanol–water partition coefficient (Wildman–Crippen LogP) is 5.24. The Bertz CT molecular complexity index is 490. The highest BCUT2D eigenvalue weighted by Gasteiger charge is 2.49. The average molecular weight is 330 g/mol. The Kier molecular flexibility index (Phi) is 5.59. The van der Waals surface area contributed by atoms with Crippen LogP contribution in [0.2, 0.25) is 10.0 Å². The van der Waals surface area contributed by atoms with Gasteiger partial charge in [0.1, 0.15) is 0 Å². The van der Waals surface area contributed by atoms with Gasteiger partial charge in [0.25, 0.3) is 0 Å². The highest BCUT2D eigenvalue weighted by atomic mass is 35.5. The quantitative estimate of drug-likeness (QED) is 0.770. The lowest BCUT2D eigenvalue weighted by Gasteiger charge is -2.53. The largest absolute Gasteiger partial charge is 0.378 e. The molecule has 0 saturated heterocycles. The van der Waals surface area contributed by atoms with Gasteiger partial charge >= 0.3 is 0 Å². The van der Waals surface area contributed by atoms with Crippen molar-refractivity contribution in [2.75, 3.05) is 6.61 Å². The summed E-state index contributed by atoms with van der Waals surface area (Å²) in [5.74, 6) is 0. The maximum absolute atomic E-state index is 6.14. The van der Waals surface area contributed by atoms with Crippen LogP contribution in [-0.2, 0) is 4.74 Å². The third-order valence-corrected chi connectivity index (χ3v) is 5.44. The van der Waals surface area contributed by atoms with Gasteiger partial charge in [-0.2, -0.15) is 0 Å². The highest BCUT2D eigenvalue weighted by Crippen LogP contribution is 2.44. The third-order valence-electron chi connectivity index (χ3n) is 4.70. The summed E-state index contributed by atoms with van der Waals surface area (Å²) in [5.41, 5.74) is 1.36. The van der Waals surface area contributed by atoms with Gasteiger partial charge in [-0.15, -0.1) is 0 Å². The Hall–Kier alpha value is -0.280. The smallest absolute Gasteiger partial charge is 0.0655 e. The van der Waals surface area contributed by atoms with Gasteiger partial charge in [-0.3, -0.25) is 0 Å². The van der Waals surface area contributed by atoms with Crippen LogP contribution >= 0.6 is 23.2 Å². The zero-order valence-electron chi connectivity index (χ0n) is 13.2. The van der Waals surface area contributed by atoms with Crippen LogP contribution in [0.3, 0.4) is 0 Å². The topological polar surface area (TPSA) is 21.3 Å². The van der Waals surface area contributed by atoms with Crippen LogP contribution in [0.15, 0.2) is 18.2 Å². The molecule has 0 heterocycles. The second-order valence-electron chi connectivity index (χ2n) is 6.35. The molecule has 2 rings (SSSR count). The first-order valence-electron chi connectivity index (χ1n) is 7.72. The second-order valence-corrected chi connectivity index (χ2v) is 7.17. The maximum atomic E-state index is 6.14. The fraction of sp³-hybridized carbons (Fsp3) is 0.647. The van der Waals surface area contributed by atoms with Crippen molar-refractivity contribution >= 4 is 23.2 Å².